The molecule has 3 heteroatoms. The fraction of sp³-hybridized carbons (Fsp3) is 0.462. The number of nitrogens with zero attached hydrogens (tertiary/aromatic N) is 1. The van der Waals surface area contributed by atoms with Crippen molar-refractivity contribution in [2.45, 2.75) is 26.9 Å². The first kappa shape index (κ1) is 13.2. The minimum atomic E-state index is -0.292. The average molecular weight is 282 g/mol. The van der Waals surface area contributed by atoms with Crippen LogP contribution in [0.3, 0.4) is 0 Å². The van der Waals surface area contributed by atoms with Crippen LogP contribution in [0.1, 0.15) is 25.8 Å². The van der Waals surface area contributed by atoms with E-state index in [9.17, 15) is 0 Å². The highest BCUT2D eigenvalue weighted by atomic mass is 79.9. The molecule has 0 unspecified atom stereocenters. The lowest BCUT2D eigenvalue weighted by molar-refractivity contribution is 0.102. The standard InChI is InChI=1S/C13H16BrNO/c1-13(2,10-15)7-8-16-9-11-3-5-12(14)6-4-11/h3-6H,7-9H2,1-2H3. The first-order valence-electron chi connectivity index (χ1n) is 5.27. The summed E-state index contributed by atoms with van der Waals surface area (Å²) < 4.78 is 6.60. The minimum Gasteiger partial charge on any atom is -0.377 e. The Labute approximate surface area is 105 Å². The zero-order valence-corrected chi connectivity index (χ0v) is 11.3. The third kappa shape index (κ3) is 4.78. The van der Waals surface area contributed by atoms with Gasteiger partial charge in [0.2, 0.25) is 0 Å². The van der Waals surface area contributed by atoms with Crippen LogP contribution in [0, 0.1) is 16.7 Å². The molecule has 0 atom stereocenters. The van der Waals surface area contributed by atoms with Crippen molar-refractivity contribution in [2.75, 3.05) is 6.61 Å². The summed E-state index contributed by atoms with van der Waals surface area (Å²) in [5.74, 6) is 0. The van der Waals surface area contributed by atoms with Crippen molar-refractivity contribution in [3.8, 4) is 6.07 Å². The van der Waals surface area contributed by atoms with E-state index in [-0.39, 0.29) is 5.41 Å². The molecule has 0 saturated carbocycles. The topological polar surface area (TPSA) is 33.0 Å². The Balaban J connectivity index is 2.27. The molecule has 0 amide bonds. The van der Waals surface area contributed by atoms with Gasteiger partial charge >= 0.3 is 0 Å². The zero-order valence-electron chi connectivity index (χ0n) is 9.66. The van der Waals surface area contributed by atoms with Gasteiger partial charge in [0.1, 0.15) is 0 Å². The van der Waals surface area contributed by atoms with Crippen LogP contribution >= 0.6 is 15.9 Å². The predicted molar refractivity (Wildman–Crippen MR) is 67.8 cm³/mol. The quantitative estimate of drug-likeness (QED) is 0.767. The lowest BCUT2D eigenvalue weighted by atomic mass is 9.92. The number of hydrogen-bond acceptors (Lipinski definition) is 2. The van der Waals surface area contributed by atoms with Gasteiger partial charge in [0, 0.05) is 11.1 Å². The van der Waals surface area contributed by atoms with Crippen LogP contribution in [0.5, 0.6) is 0 Å². The first-order valence-corrected chi connectivity index (χ1v) is 6.06. The molecule has 0 saturated heterocycles. The second-order valence-corrected chi connectivity index (χ2v) is 5.34. The monoisotopic (exact) mass is 281 g/mol. The molecule has 0 bridgehead atoms. The predicted octanol–water partition coefficient (Wildman–Crippen LogP) is 3.91. The summed E-state index contributed by atoms with van der Waals surface area (Å²) in [4.78, 5) is 0. The third-order valence-electron chi connectivity index (χ3n) is 2.36. The molecule has 0 aliphatic rings. The molecule has 0 N–H and O–H groups in total. The molecule has 0 fully saturated rings. The van der Waals surface area contributed by atoms with E-state index in [4.69, 9.17) is 10.00 Å². The van der Waals surface area contributed by atoms with Crippen LogP contribution in [-0.2, 0) is 11.3 Å². The Morgan fingerprint density at radius 1 is 1.31 bits per heavy atom. The normalized spacial score (nSPS) is 11.1. The summed E-state index contributed by atoms with van der Waals surface area (Å²) >= 11 is 3.39. The minimum absolute atomic E-state index is 0.292. The van der Waals surface area contributed by atoms with Crippen molar-refractivity contribution in [2.24, 2.45) is 5.41 Å². The molecule has 86 valence electrons. The molecule has 16 heavy (non-hydrogen) atoms. The van der Waals surface area contributed by atoms with Gasteiger partial charge in [0.15, 0.2) is 0 Å². The summed E-state index contributed by atoms with van der Waals surface area (Å²) in [6.45, 7) is 5.08. The van der Waals surface area contributed by atoms with Crippen LogP contribution in [0.15, 0.2) is 28.7 Å². The molecular weight excluding hydrogens is 266 g/mol. The summed E-state index contributed by atoms with van der Waals surface area (Å²) in [5.41, 5.74) is 0.859. The summed E-state index contributed by atoms with van der Waals surface area (Å²) in [7, 11) is 0. The molecule has 2 nitrogen and oxygen atoms in total. The van der Waals surface area contributed by atoms with E-state index in [1.54, 1.807) is 0 Å². The van der Waals surface area contributed by atoms with E-state index in [0.717, 1.165) is 16.5 Å². The fourth-order valence-electron chi connectivity index (χ4n) is 1.15. The second-order valence-electron chi connectivity index (χ2n) is 4.42. The molecule has 0 aromatic heterocycles. The smallest absolute Gasteiger partial charge is 0.0716 e. The molecule has 0 aliphatic carbocycles. The SMILES string of the molecule is CC(C)(C#N)CCOCc1ccc(Br)cc1. The number of hydrogen-bond donors (Lipinski definition) is 0. The molecular formula is C13H16BrNO. The van der Waals surface area contributed by atoms with Gasteiger partial charge in [0.25, 0.3) is 0 Å². The maximum Gasteiger partial charge on any atom is 0.0716 e. The maximum atomic E-state index is 8.83. The van der Waals surface area contributed by atoms with E-state index in [1.165, 1.54) is 0 Å². The number of rotatable bonds is 5. The zero-order chi connectivity index (χ0) is 12.0. The number of benzene rings is 1. The Morgan fingerprint density at radius 3 is 2.50 bits per heavy atom. The molecule has 0 radical (unpaired) electrons. The third-order valence-corrected chi connectivity index (χ3v) is 2.88. The average Bonchev–Trinajstić information content (AvgIpc) is 2.27. The Morgan fingerprint density at radius 2 is 1.94 bits per heavy atom. The Bertz CT molecular complexity index is 365. The second kappa shape index (κ2) is 6.03. The van der Waals surface area contributed by atoms with Gasteiger partial charge in [-0.15, -0.1) is 0 Å². The van der Waals surface area contributed by atoms with Crippen molar-refractivity contribution in [3.05, 3.63) is 34.3 Å². The fourth-order valence-corrected chi connectivity index (χ4v) is 1.42. The Hall–Kier alpha value is -0.850. The molecule has 1 aromatic rings. The highest BCUT2D eigenvalue weighted by Gasteiger charge is 2.15. The van der Waals surface area contributed by atoms with Gasteiger partial charge in [-0.05, 0) is 38.0 Å². The Kier molecular flexibility index (Phi) is 4.98. The van der Waals surface area contributed by atoms with E-state index < -0.39 is 0 Å². The van der Waals surface area contributed by atoms with Gasteiger partial charge in [-0.2, -0.15) is 5.26 Å². The molecule has 0 aliphatic heterocycles. The molecule has 1 aromatic carbocycles. The van der Waals surface area contributed by atoms with E-state index in [2.05, 4.69) is 22.0 Å². The van der Waals surface area contributed by atoms with Crippen molar-refractivity contribution in [3.63, 3.8) is 0 Å². The molecule has 0 spiro atoms. The highest BCUT2D eigenvalue weighted by molar-refractivity contribution is 9.10. The van der Waals surface area contributed by atoms with Crippen molar-refractivity contribution < 1.29 is 4.74 Å². The van der Waals surface area contributed by atoms with Gasteiger partial charge in [-0.25, -0.2) is 0 Å². The number of ether oxygens (including phenoxy) is 1. The summed E-state index contributed by atoms with van der Waals surface area (Å²) in [6.07, 6.45) is 0.764. The van der Waals surface area contributed by atoms with Crippen LogP contribution in [0.25, 0.3) is 0 Å². The number of nitriles is 1. The molecule has 1 rings (SSSR count). The van der Waals surface area contributed by atoms with Crippen LogP contribution in [0.4, 0.5) is 0 Å². The van der Waals surface area contributed by atoms with Gasteiger partial charge in [-0.3, -0.25) is 0 Å². The van der Waals surface area contributed by atoms with E-state index >= 15 is 0 Å². The lowest BCUT2D eigenvalue weighted by Gasteiger charge is -2.14. The van der Waals surface area contributed by atoms with Crippen molar-refractivity contribution >= 4 is 15.9 Å². The van der Waals surface area contributed by atoms with Crippen LogP contribution < -0.4 is 0 Å². The largest absolute Gasteiger partial charge is 0.377 e. The van der Waals surface area contributed by atoms with Gasteiger partial charge in [-0.1, -0.05) is 28.1 Å². The molecule has 0 heterocycles. The highest BCUT2D eigenvalue weighted by Crippen LogP contribution is 2.18. The lowest BCUT2D eigenvalue weighted by Crippen LogP contribution is -2.11. The van der Waals surface area contributed by atoms with Crippen LogP contribution in [-0.4, -0.2) is 6.61 Å². The van der Waals surface area contributed by atoms with Crippen molar-refractivity contribution in [1.82, 2.24) is 0 Å². The maximum absolute atomic E-state index is 8.83. The van der Waals surface area contributed by atoms with Gasteiger partial charge in [0.05, 0.1) is 18.1 Å². The summed E-state index contributed by atoms with van der Waals surface area (Å²) in [6, 6.07) is 10.3. The van der Waals surface area contributed by atoms with Crippen LogP contribution in [0.2, 0.25) is 0 Å². The summed E-state index contributed by atoms with van der Waals surface area (Å²) in [5, 5.41) is 8.83. The van der Waals surface area contributed by atoms with Gasteiger partial charge < -0.3 is 4.74 Å². The first-order chi connectivity index (χ1) is 7.53. The van der Waals surface area contributed by atoms with E-state index in [0.29, 0.717) is 13.2 Å². The van der Waals surface area contributed by atoms with Crippen molar-refractivity contribution in [1.29, 1.82) is 5.26 Å². The van der Waals surface area contributed by atoms with E-state index in [1.807, 2.05) is 38.1 Å². The number of halogens is 1.